The van der Waals surface area contributed by atoms with Crippen LogP contribution in [0.25, 0.3) is 0 Å². The number of carbonyl (C=O) groups is 1. The first-order chi connectivity index (χ1) is 14.2. The molecule has 1 fully saturated rings. The van der Waals surface area contributed by atoms with Gasteiger partial charge < -0.3 is 19.9 Å². The number of likely N-dealkylation sites (tertiary alicyclic amines) is 1. The molecular formula is C24H31N3O2. The zero-order chi connectivity index (χ0) is 20.1. The van der Waals surface area contributed by atoms with E-state index in [9.17, 15) is 4.79 Å². The first-order valence-corrected chi connectivity index (χ1v) is 10.7. The second-order valence-corrected chi connectivity index (χ2v) is 8.30. The van der Waals surface area contributed by atoms with Crippen LogP contribution in [0.15, 0.2) is 48.5 Å². The SMILES string of the molecule is CN1CCc2ccc(OCC3CCN(C(=O)NCc4ccccc4)CC3)cc2C1. The highest BCUT2D eigenvalue weighted by molar-refractivity contribution is 5.74. The van der Waals surface area contributed by atoms with Gasteiger partial charge >= 0.3 is 6.03 Å². The minimum Gasteiger partial charge on any atom is -0.493 e. The summed E-state index contributed by atoms with van der Waals surface area (Å²) < 4.78 is 6.11. The van der Waals surface area contributed by atoms with Crippen molar-refractivity contribution in [2.24, 2.45) is 5.92 Å². The number of hydrogen-bond donors (Lipinski definition) is 1. The Morgan fingerprint density at radius 3 is 2.66 bits per heavy atom. The lowest BCUT2D eigenvalue weighted by atomic mass is 9.98. The van der Waals surface area contributed by atoms with Crippen LogP contribution in [0.1, 0.15) is 29.5 Å². The summed E-state index contributed by atoms with van der Waals surface area (Å²) in [6.07, 6.45) is 3.11. The third kappa shape index (κ3) is 5.30. The molecule has 2 aliphatic heterocycles. The molecular weight excluding hydrogens is 362 g/mol. The fourth-order valence-corrected chi connectivity index (χ4v) is 4.17. The summed E-state index contributed by atoms with van der Waals surface area (Å²) in [7, 11) is 2.17. The maximum Gasteiger partial charge on any atom is 0.317 e. The van der Waals surface area contributed by atoms with Crippen molar-refractivity contribution >= 4 is 6.03 Å². The Labute approximate surface area is 173 Å². The van der Waals surface area contributed by atoms with Gasteiger partial charge in [-0.1, -0.05) is 36.4 Å². The second-order valence-electron chi connectivity index (χ2n) is 8.30. The largest absolute Gasteiger partial charge is 0.493 e. The number of hydrogen-bond acceptors (Lipinski definition) is 3. The second kappa shape index (κ2) is 9.31. The molecule has 0 radical (unpaired) electrons. The molecule has 1 saturated heterocycles. The van der Waals surface area contributed by atoms with Gasteiger partial charge in [0.05, 0.1) is 6.61 Å². The fraction of sp³-hybridized carbons (Fsp3) is 0.458. The van der Waals surface area contributed by atoms with Gasteiger partial charge in [-0.2, -0.15) is 0 Å². The number of nitrogens with one attached hydrogen (secondary N) is 1. The van der Waals surface area contributed by atoms with Crippen LogP contribution in [0, 0.1) is 5.92 Å². The van der Waals surface area contributed by atoms with Crippen molar-refractivity contribution in [1.82, 2.24) is 15.1 Å². The quantitative estimate of drug-likeness (QED) is 0.843. The average molecular weight is 394 g/mol. The Hall–Kier alpha value is -2.53. The zero-order valence-electron chi connectivity index (χ0n) is 17.3. The Morgan fingerprint density at radius 2 is 1.86 bits per heavy atom. The highest BCUT2D eigenvalue weighted by atomic mass is 16.5. The van der Waals surface area contributed by atoms with E-state index in [1.54, 1.807) is 0 Å². The summed E-state index contributed by atoms with van der Waals surface area (Å²) in [6.45, 7) is 5.03. The van der Waals surface area contributed by atoms with Gasteiger partial charge in [0, 0.05) is 32.7 Å². The van der Waals surface area contributed by atoms with Gasteiger partial charge in [-0.05, 0) is 61.1 Å². The number of nitrogens with zero attached hydrogens (tertiary/aromatic N) is 2. The number of benzene rings is 2. The molecule has 0 atom stereocenters. The number of piperidine rings is 1. The van der Waals surface area contributed by atoms with Crippen molar-refractivity contribution in [2.45, 2.75) is 32.4 Å². The molecule has 0 saturated carbocycles. The molecule has 2 heterocycles. The fourth-order valence-electron chi connectivity index (χ4n) is 4.17. The Kier molecular flexibility index (Phi) is 6.35. The van der Waals surface area contributed by atoms with Crippen molar-refractivity contribution < 1.29 is 9.53 Å². The summed E-state index contributed by atoms with van der Waals surface area (Å²) in [4.78, 5) is 16.7. The van der Waals surface area contributed by atoms with Gasteiger partial charge in [0.1, 0.15) is 5.75 Å². The van der Waals surface area contributed by atoms with Crippen LogP contribution in [0.3, 0.4) is 0 Å². The Morgan fingerprint density at radius 1 is 1.07 bits per heavy atom. The molecule has 2 aromatic rings. The number of fused-ring (bicyclic) bond motifs is 1. The van der Waals surface area contributed by atoms with Gasteiger partial charge in [-0.25, -0.2) is 4.79 Å². The number of rotatable bonds is 5. The van der Waals surface area contributed by atoms with E-state index in [1.165, 1.54) is 11.1 Å². The van der Waals surface area contributed by atoms with Crippen LogP contribution >= 0.6 is 0 Å². The summed E-state index contributed by atoms with van der Waals surface area (Å²) in [5.74, 6) is 1.48. The lowest BCUT2D eigenvalue weighted by molar-refractivity contribution is 0.145. The smallest absolute Gasteiger partial charge is 0.317 e. The normalized spacial score (nSPS) is 17.6. The first kappa shape index (κ1) is 19.8. The predicted molar refractivity (Wildman–Crippen MR) is 115 cm³/mol. The Balaban J connectivity index is 1.20. The number of carbonyl (C=O) groups excluding carboxylic acids is 1. The van der Waals surface area contributed by atoms with E-state index < -0.39 is 0 Å². The number of urea groups is 1. The summed E-state index contributed by atoms with van der Waals surface area (Å²) in [6, 6.07) is 16.6. The van der Waals surface area contributed by atoms with E-state index in [4.69, 9.17) is 4.74 Å². The molecule has 1 N–H and O–H groups in total. The van der Waals surface area contributed by atoms with Gasteiger partial charge in [0.2, 0.25) is 0 Å². The van der Waals surface area contributed by atoms with E-state index in [0.717, 1.165) is 63.4 Å². The highest BCUT2D eigenvalue weighted by Crippen LogP contribution is 2.25. The van der Waals surface area contributed by atoms with Gasteiger partial charge in [0.15, 0.2) is 0 Å². The number of ether oxygens (including phenoxy) is 1. The minimum absolute atomic E-state index is 0.0343. The summed E-state index contributed by atoms with van der Waals surface area (Å²) in [5, 5.41) is 3.03. The monoisotopic (exact) mass is 393 g/mol. The highest BCUT2D eigenvalue weighted by Gasteiger charge is 2.23. The molecule has 0 unspecified atom stereocenters. The van der Waals surface area contributed by atoms with Crippen molar-refractivity contribution in [3.8, 4) is 5.75 Å². The maximum absolute atomic E-state index is 12.4. The van der Waals surface area contributed by atoms with Crippen molar-refractivity contribution in [3.63, 3.8) is 0 Å². The van der Waals surface area contributed by atoms with E-state index >= 15 is 0 Å². The van der Waals surface area contributed by atoms with Crippen LogP contribution in [0.4, 0.5) is 4.79 Å². The molecule has 29 heavy (non-hydrogen) atoms. The lowest BCUT2D eigenvalue weighted by Crippen LogP contribution is -2.44. The summed E-state index contributed by atoms with van der Waals surface area (Å²) in [5.41, 5.74) is 3.96. The topological polar surface area (TPSA) is 44.8 Å². The van der Waals surface area contributed by atoms with Crippen LogP contribution in [-0.2, 0) is 19.5 Å². The van der Waals surface area contributed by atoms with E-state index in [-0.39, 0.29) is 6.03 Å². The van der Waals surface area contributed by atoms with Crippen molar-refractivity contribution in [1.29, 1.82) is 0 Å². The van der Waals surface area contributed by atoms with E-state index in [0.29, 0.717) is 12.5 Å². The first-order valence-electron chi connectivity index (χ1n) is 10.7. The third-order valence-corrected chi connectivity index (χ3v) is 6.05. The predicted octanol–water partition coefficient (Wildman–Crippen LogP) is 3.68. The number of amides is 2. The molecule has 154 valence electrons. The number of likely N-dealkylation sites (N-methyl/N-ethyl adjacent to an activating group) is 1. The average Bonchev–Trinajstić information content (AvgIpc) is 2.77. The van der Waals surface area contributed by atoms with Gasteiger partial charge in [-0.3, -0.25) is 0 Å². The van der Waals surface area contributed by atoms with Gasteiger partial charge in [0.25, 0.3) is 0 Å². The van der Waals surface area contributed by atoms with Crippen molar-refractivity contribution in [2.75, 3.05) is 33.3 Å². The molecule has 5 heteroatoms. The lowest BCUT2D eigenvalue weighted by Gasteiger charge is -2.32. The molecule has 2 amide bonds. The molecule has 2 aliphatic rings. The van der Waals surface area contributed by atoms with E-state index in [1.807, 2.05) is 35.2 Å². The molecule has 0 aliphatic carbocycles. The molecule has 4 rings (SSSR count). The van der Waals surface area contributed by atoms with Gasteiger partial charge in [-0.15, -0.1) is 0 Å². The third-order valence-electron chi connectivity index (χ3n) is 6.05. The standard InChI is InChI=1S/C24H31N3O2/c1-26-12-11-21-7-8-23(15-22(21)17-26)29-18-20-9-13-27(14-10-20)24(28)25-16-19-5-3-2-4-6-19/h2-8,15,20H,9-14,16-18H2,1H3,(H,25,28). The zero-order valence-corrected chi connectivity index (χ0v) is 17.3. The Bertz CT molecular complexity index is 816. The molecule has 5 nitrogen and oxygen atoms in total. The van der Waals surface area contributed by atoms with Crippen molar-refractivity contribution in [3.05, 3.63) is 65.2 Å². The van der Waals surface area contributed by atoms with Crippen LogP contribution in [0.5, 0.6) is 5.75 Å². The molecule has 0 spiro atoms. The molecule has 0 aromatic heterocycles. The van der Waals surface area contributed by atoms with Crippen LogP contribution in [-0.4, -0.2) is 49.1 Å². The molecule has 2 aromatic carbocycles. The maximum atomic E-state index is 12.4. The van der Waals surface area contributed by atoms with Crippen LogP contribution < -0.4 is 10.1 Å². The van der Waals surface area contributed by atoms with E-state index in [2.05, 4.69) is 35.5 Å². The summed E-state index contributed by atoms with van der Waals surface area (Å²) >= 11 is 0. The minimum atomic E-state index is 0.0343. The van der Waals surface area contributed by atoms with Crippen LogP contribution in [0.2, 0.25) is 0 Å². The molecule has 0 bridgehead atoms.